The minimum absolute atomic E-state index is 0. The van der Waals surface area contributed by atoms with Gasteiger partial charge in [-0.25, -0.2) is 6.08 Å². The molecule has 320 valence electrons. The van der Waals surface area contributed by atoms with E-state index in [0.717, 1.165) is 29.6 Å². The van der Waals surface area contributed by atoms with Gasteiger partial charge in [0, 0.05) is 10.8 Å². The quantitative estimate of drug-likeness (QED) is 0.272. The molecule has 0 aromatic heterocycles. The Morgan fingerprint density at radius 2 is 1.11 bits per heavy atom. The van der Waals surface area contributed by atoms with E-state index in [1.807, 2.05) is 0 Å². The Morgan fingerprint density at radius 1 is 0.639 bits per heavy atom. The second kappa shape index (κ2) is 16.6. The molecule has 0 spiro atoms. The molecule has 2 aromatic rings. The fourth-order valence-corrected chi connectivity index (χ4v) is 16.7. The molecule has 6 saturated carbocycles. The zero-order chi connectivity index (χ0) is 41.6. The van der Waals surface area contributed by atoms with Gasteiger partial charge in [-0.3, -0.25) is 6.08 Å². The third-order valence-electron chi connectivity index (χ3n) is 19.7. The van der Waals surface area contributed by atoms with Crippen molar-refractivity contribution in [3.63, 3.8) is 0 Å². The first-order valence-electron chi connectivity index (χ1n) is 23.0. The number of halogens is 2. The average Bonchev–Trinajstić information content (AvgIpc) is 3.74. The predicted octanol–water partition coefficient (Wildman–Crippen LogP) is 8.45. The van der Waals surface area contributed by atoms with Crippen LogP contribution in [0.3, 0.4) is 0 Å². The Morgan fingerprint density at radius 3 is 1.61 bits per heavy atom. The third-order valence-corrected chi connectivity index (χ3v) is 21.1. The van der Waals surface area contributed by atoms with Crippen molar-refractivity contribution in [2.75, 3.05) is 0 Å². The van der Waals surface area contributed by atoms with E-state index in [-0.39, 0.29) is 62.7 Å². The first kappa shape index (κ1) is 46.7. The third kappa shape index (κ3) is 6.44. The molecule has 10 aliphatic carbocycles. The number of benzene rings is 2. The van der Waals surface area contributed by atoms with Gasteiger partial charge in [0.05, 0.1) is 0 Å². The number of hydrogen-bond donors (Lipinski definition) is 0. The first-order chi connectivity index (χ1) is 28.1. The van der Waals surface area contributed by atoms with Gasteiger partial charge in [-0.2, -0.15) is 11.6 Å². The van der Waals surface area contributed by atoms with Crippen LogP contribution in [-0.2, 0) is 24.2 Å². The Bertz CT molecular complexity index is 2170. The summed E-state index contributed by atoms with van der Waals surface area (Å²) >= 11 is 1.46. The van der Waals surface area contributed by atoms with E-state index in [2.05, 4.69) is 214 Å². The van der Waals surface area contributed by atoms with E-state index >= 15 is 0 Å². The first-order valence-corrected chi connectivity index (χ1v) is 24.3. The van der Waals surface area contributed by atoms with Gasteiger partial charge < -0.3 is 31.2 Å². The van der Waals surface area contributed by atoms with Crippen molar-refractivity contribution < 1.29 is 49.0 Å². The molecule has 10 aliphatic rings. The van der Waals surface area contributed by atoms with E-state index in [9.17, 15) is 0 Å². The van der Waals surface area contributed by atoms with Crippen LogP contribution in [0.5, 0.6) is 0 Å². The average molecular weight is 927 g/mol. The Labute approximate surface area is 397 Å². The summed E-state index contributed by atoms with van der Waals surface area (Å²) in [6.07, 6.45) is 45.2. The normalized spacial score (nSPS) is 44.3. The number of rotatable bonds is 3. The maximum absolute atomic E-state index is 3.46. The van der Waals surface area contributed by atoms with Crippen LogP contribution in [0.15, 0.2) is 151 Å². The van der Waals surface area contributed by atoms with Crippen LogP contribution in [0, 0.1) is 91.8 Å². The van der Waals surface area contributed by atoms with E-state index in [0.29, 0.717) is 11.8 Å². The molecule has 0 saturated heterocycles. The molecule has 4 bridgehead atoms. The number of hydrogen-bond acceptors (Lipinski definition) is 0. The van der Waals surface area contributed by atoms with Crippen molar-refractivity contribution in [2.45, 2.75) is 94.4 Å². The van der Waals surface area contributed by atoms with Crippen LogP contribution < -0.4 is 24.8 Å². The molecule has 0 N–H and O–H groups in total. The van der Waals surface area contributed by atoms with Crippen LogP contribution in [0.4, 0.5) is 0 Å². The van der Waals surface area contributed by atoms with E-state index < -0.39 is 0 Å². The minimum atomic E-state index is 0. The van der Waals surface area contributed by atoms with Crippen molar-refractivity contribution >= 4 is 3.21 Å². The second-order valence-electron chi connectivity index (χ2n) is 21.5. The van der Waals surface area contributed by atoms with Gasteiger partial charge in [0.25, 0.3) is 0 Å². The number of allylic oxidation sites excluding steroid dienone is 16. The molecule has 0 nitrogen and oxygen atoms in total. The monoisotopic (exact) mass is 924 g/mol. The van der Waals surface area contributed by atoms with Crippen molar-refractivity contribution in [3.8, 4) is 0 Å². The molecular weight excluding hydrogens is 859 g/mol. The van der Waals surface area contributed by atoms with Crippen LogP contribution in [-0.4, -0.2) is 3.21 Å². The van der Waals surface area contributed by atoms with Crippen LogP contribution in [0.2, 0.25) is 0 Å². The second-order valence-corrected chi connectivity index (χ2v) is 22.8. The van der Waals surface area contributed by atoms with E-state index in [4.69, 9.17) is 0 Å². The molecule has 0 heterocycles. The number of fused-ring (bicyclic) bond motifs is 8. The Kier molecular flexibility index (Phi) is 12.7. The topological polar surface area (TPSA) is 0 Å². The molecule has 3 heteroatoms. The maximum atomic E-state index is 3.46. The van der Waals surface area contributed by atoms with Crippen LogP contribution >= 0.6 is 0 Å². The van der Waals surface area contributed by atoms with Gasteiger partial charge >= 0.3 is 99.2 Å². The summed E-state index contributed by atoms with van der Waals surface area (Å²) in [6, 6.07) is 21.1. The zero-order valence-electron chi connectivity index (χ0n) is 38.2. The zero-order valence-corrected chi connectivity index (χ0v) is 42.2. The van der Waals surface area contributed by atoms with Gasteiger partial charge in [0.1, 0.15) is 0 Å². The van der Waals surface area contributed by atoms with Gasteiger partial charge in [-0.05, 0) is 84.4 Å². The summed E-state index contributed by atoms with van der Waals surface area (Å²) in [6.45, 7) is 22.6. The molecule has 0 amide bonds. The van der Waals surface area contributed by atoms with Gasteiger partial charge in [-0.15, -0.1) is 17.4 Å². The molecule has 61 heavy (non-hydrogen) atoms. The Balaban J connectivity index is 0.000000148. The fourth-order valence-electron chi connectivity index (χ4n) is 15.9. The standard InChI is InChI=1S/C29H37.C16H21.C13H10.2ClH.Zr/c1-21-14-13-15-22-20-27(6)25(4)18-10-9-16-23(25,2)24(3)17-11-12-19-26(24,5)29(27,8)28(21,22)7;1-10-2-3-13(4-10)16-14-6-11-5-12(8-14)9-15(16)7-11;1-3-7-12(8-4-1)11-13-9-5-2-6-10-13;;;/h9-20,22H,1-8H3;3-4,10-12,14-16H,5-9H2,1H3;1-10H;2*1H;/q2*-1;;;;+2/p-2. The van der Waals surface area contributed by atoms with Crippen molar-refractivity contribution in [3.05, 3.63) is 174 Å². The molecule has 0 aliphatic heterocycles. The molecule has 9 unspecified atom stereocenters. The SMILES string of the molecule is CC1=CC=CC2[CH-]C3(C)C4(C)C=CC=CC4(C)C4(C)C=CC=CC4(C)C3(C)C12C.CC1[C-]=CC(C2C3CC4CC(C3)CC2C4)=C1.[Cl-].[Cl-].[Zr+2]=[C](c1ccccc1)c1ccccc1. The molecule has 6 fully saturated rings. The summed E-state index contributed by atoms with van der Waals surface area (Å²) < 4.78 is 1.42. The van der Waals surface area contributed by atoms with Crippen molar-refractivity contribution in [1.29, 1.82) is 0 Å². The summed E-state index contributed by atoms with van der Waals surface area (Å²) in [7, 11) is 0. The van der Waals surface area contributed by atoms with Crippen molar-refractivity contribution in [2.24, 2.45) is 79.3 Å². The van der Waals surface area contributed by atoms with E-state index in [1.165, 1.54) is 69.8 Å². The molecule has 12 rings (SSSR count). The fraction of sp³-hybridized carbons (Fsp3) is 0.483. The van der Waals surface area contributed by atoms with Crippen LogP contribution in [0.1, 0.15) is 106 Å². The van der Waals surface area contributed by atoms with Gasteiger partial charge in [0.2, 0.25) is 0 Å². The van der Waals surface area contributed by atoms with Crippen LogP contribution in [0.25, 0.3) is 0 Å². The summed E-state index contributed by atoms with van der Waals surface area (Å²) in [5.41, 5.74) is 6.05. The summed E-state index contributed by atoms with van der Waals surface area (Å²) in [5, 5.41) is 0. The summed E-state index contributed by atoms with van der Waals surface area (Å²) in [4.78, 5) is 0. The molecule has 0 radical (unpaired) electrons. The predicted molar refractivity (Wildman–Crippen MR) is 246 cm³/mol. The summed E-state index contributed by atoms with van der Waals surface area (Å²) in [5.74, 6) is 6.23. The molecule has 9 atom stereocenters. The molecular formula is C58H68Cl2Zr-2. The molecule has 2 aromatic carbocycles. The van der Waals surface area contributed by atoms with Gasteiger partial charge in [0.15, 0.2) is 0 Å². The van der Waals surface area contributed by atoms with E-state index in [1.54, 1.807) is 12.0 Å². The van der Waals surface area contributed by atoms with Gasteiger partial charge in [-0.1, -0.05) is 134 Å². The van der Waals surface area contributed by atoms with Crippen molar-refractivity contribution in [1.82, 2.24) is 0 Å². The Hall–Kier alpha value is -2.31.